The molecule has 0 unspecified atom stereocenters. The summed E-state index contributed by atoms with van der Waals surface area (Å²) < 4.78 is 24.9. The maximum atomic E-state index is 11.7. The van der Waals surface area contributed by atoms with E-state index in [4.69, 9.17) is 0 Å². The van der Waals surface area contributed by atoms with E-state index in [1.807, 2.05) is 13.8 Å². The topological polar surface area (TPSA) is 49.4 Å². The second-order valence-electron chi connectivity index (χ2n) is 4.10. The molecule has 0 aromatic carbocycles. The van der Waals surface area contributed by atoms with Gasteiger partial charge in [0, 0.05) is 26.2 Å². The summed E-state index contributed by atoms with van der Waals surface area (Å²) in [6.45, 7) is 7.22. The van der Waals surface area contributed by atoms with Crippen molar-refractivity contribution in [1.29, 1.82) is 0 Å². The van der Waals surface area contributed by atoms with Crippen LogP contribution in [0.3, 0.4) is 0 Å². The monoisotopic (exact) mass is 236 g/mol. The maximum absolute atomic E-state index is 11.7. The van der Waals surface area contributed by atoms with E-state index in [-0.39, 0.29) is 5.75 Å². The van der Waals surface area contributed by atoms with Crippen molar-refractivity contribution in [2.75, 3.05) is 25.9 Å². The normalized spacial score (nSPS) is 12.7. The summed E-state index contributed by atoms with van der Waals surface area (Å²) in [6.07, 6.45) is 1.94. The van der Waals surface area contributed by atoms with Crippen LogP contribution in [0.15, 0.2) is 0 Å². The summed E-state index contributed by atoms with van der Waals surface area (Å²) in [5, 5.41) is 3.11. The molecule has 0 bridgehead atoms. The van der Waals surface area contributed by atoms with Crippen LogP contribution in [-0.2, 0) is 10.0 Å². The summed E-state index contributed by atoms with van der Waals surface area (Å²) in [4.78, 5) is 0. The summed E-state index contributed by atoms with van der Waals surface area (Å²) in [6, 6.07) is 0.334. The van der Waals surface area contributed by atoms with Gasteiger partial charge >= 0.3 is 0 Å². The van der Waals surface area contributed by atoms with Gasteiger partial charge < -0.3 is 5.32 Å². The molecule has 0 spiro atoms. The molecular formula is C10H24N2O2S. The standard InChI is InChI=1S/C10H24N2O2S/c1-5-6-8-12(4)15(13,14)9-7-11-10(2)3/h10-11H,5-9H2,1-4H3. The van der Waals surface area contributed by atoms with Crippen LogP contribution >= 0.6 is 0 Å². The number of hydrogen-bond acceptors (Lipinski definition) is 3. The lowest BCUT2D eigenvalue weighted by atomic mass is 10.3. The van der Waals surface area contributed by atoms with Crippen LogP contribution in [0, 0.1) is 0 Å². The first-order chi connectivity index (χ1) is 6.90. The molecule has 0 saturated heterocycles. The Morgan fingerprint density at radius 3 is 2.40 bits per heavy atom. The van der Waals surface area contributed by atoms with Gasteiger partial charge in [-0.3, -0.25) is 0 Å². The van der Waals surface area contributed by atoms with Crippen molar-refractivity contribution in [3.05, 3.63) is 0 Å². The fourth-order valence-corrected chi connectivity index (χ4v) is 2.25. The van der Waals surface area contributed by atoms with E-state index in [0.29, 0.717) is 19.1 Å². The molecule has 4 nitrogen and oxygen atoms in total. The lowest BCUT2D eigenvalue weighted by molar-refractivity contribution is 0.456. The molecule has 0 rings (SSSR count). The Balaban J connectivity index is 3.95. The van der Waals surface area contributed by atoms with E-state index >= 15 is 0 Å². The number of nitrogens with zero attached hydrogens (tertiary/aromatic N) is 1. The molecular weight excluding hydrogens is 212 g/mol. The van der Waals surface area contributed by atoms with Crippen LogP contribution in [0.4, 0.5) is 0 Å². The van der Waals surface area contributed by atoms with E-state index in [2.05, 4.69) is 12.2 Å². The Bertz CT molecular complexity index is 250. The predicted octanol–water partition coefficient (Wildman–Crippen LogP) is 1.05. The highest BCUT2D eigenvalue weighted by atomic mass is 32.2. The largest absolute Gasteiger partial charge is 0.313 e. The van der Waals surface area contributed by atoms with Gasteiger partial charge in [-0.1, -0.05) is 27.2 Å². The zero-order valence-corrected chi connectivity index (χ0v) is 11.1. The molecule has 0 saturated carbocycles. The second-order valence-corrected chi connectivity index (χ2v) is 6.30. The Morgan fingerprint density at radius 2 is 1.93 bits per heavy atom. The molecule has 0 radical (unpaired) electrons. The van der Waals surface area contributed by atoms with Gasteiger partial charge in [0.25, 0.3) is 0 Å². The van der Waals surface area contributed by atoms with E-state index in [1.165, 1.54) is 4.31 Å². The van der Waals surface area contributed by atoms with Gasteiger partial charge in [-0.15, -0.1) is 0 Å². The Kier molecular flexibility index (Phi) is 7.13. The van der Waals surface area contributed by atoms with Crippen molar-refractivity contribution >= 4 is 10.0 Å². The highest BCUT2D eigenvalue weighted by Gasteiger charge is 2.16. The van der Waals surface area contributed by atoms with Crippen LogP contribution in [0.25, 0.3) is 0 Å². The van der Waals surface area contributed by atoms with Crippen molar-refractivity contribution in [1.82, 2.24) is 9.62 Å². The molecule has 0 heterocycles. The average molecular weight is 236 g/mol. The van der Waals surface area contributed by atoms with E-state index < -0.39 is 10.0 Å². The maximum Gasteiger partial charge on any atom is 0.215 e. The highest BCUT2D eigenvalue weighted by molar-refractivity contribution is 7.89. The van der Waals surface area contributed by atoms with Crippen LogP contribution in [0.5, 0.6) is 0 Å². The van der Waals surface area contributed by atoms with Gasteiger partial charge in [-0.25, -0.2) is 12.7 Å². The Morgan fingerprint density at radius 1 is 1.33 bits per heavy atom. The van der Waals surface area contributed by atoms with Crippen LogP contribution in [0.1, 0.15) is 33.6 Å². The Hall–Kier alpha value is -0.130. The molecule has 0 atom stereocenters. The van der Waals surface area contributed by atoms with E-state index in [1.54, 1.807) is 7.05 Å². The van der Waals surface area contributed by atoms with Crippen LogP contribution in [0.2, 0.25) is 0 Å². The minimum atomic E-state index is -3.06. The van der Waals surface area contributed by atoms with Gasteiger partial charge in [0.1, 0.15) is 0 Å². The van der Waals surface area contributed by atoms with Crippen LogP contribution < -0.4 is 5.32 Å². The quantitative estimate of drug-likeness (QED) is 0.685. The van der Waals surface area contributed by atoms with E-state index in [9.17, 15) is 8.42 Å². The summed E-state index contributed by atoms with van der Waals surface area (Å²) in [5.41, 5.74) is 0. The van der Waals surface area contributed by atoms with Gasteiger partial charge in [0.15, 0.2) is 0 Å². The van der Waals surface area contributed by atoms with Crippen molar-refractivity contribution in [3.8, 4) is 0 Å². The van der Waals surface area contributed by atoms with Crippen LogP contribution in [-0.4, -0.2) is 44.7 Å². The zero-order valence-electron chi connectivity index (χ0n) is 10.3. The van der Waals surface area contributed by atoms with Gasteiger partial charge in [0.2, 0.25) is 10.0 Å². The fourth-order valence-electron chi connectivity index (χ4n) is 1.15. The van der Waals surface area contributed by atoms with Crippen molar-refractivity contribution in [3.63, 3.8) is 0 Å². The first kappa shape index (κ1) is 14.9. The molecule has 0 aromatic heterocycles. The minimum Gasteiger partial charge on any atom is -0.313 e. The third kappa shape index (κ3) is 6.87. The van der Waals surface area contributed by atoms with Crippen molar-refractivity contribution < 1.29 is 8.42 Å². The zero-order chi connectivity index (χ0) is 11.9. The smallest absolute Gasteiger partial charge is 0.215 e. The van der Waals surface area contributed by atoms with Gasteiger partial charge in [-0.05, 0) is 6.42 Å². The molecule has 5 heteroatoms. The van der Waals surface area contributed by atoms with Crippen molar-refractivity contribution in [2.45, 2.75) is 39.7 Å². The number of unbranched alkanes of at least 4 members (excludes halogenated alkanes) is 1. The lowest BCUT2D eigenvalue weighted by Gasteiger charge is -2.17. The van der Waals surface area contributed by atoms with E-state index in [0.717, 1.165) is 12.8 Å². The molecule has 0 fully saturated rings. The first-order valence-electron chi connectivity index (χ1n) is 5.57. The fraction of sp³-hybridized carbons (Fsp3) is 1.00. The number of rotatable bonds is 8. The third-order valence-corrected chi connectivity index (χ3v) is 4.07. The number of sulfonamides is 1. The molecule has 15 heavy (non-hydrogen) atoms. The minimum absolute atomic E-state index is 0.186. The van der Waals surface area contributed by atoms with Gasteiger partial charge in [-0.2, -0.15) is 0 Å². The summed E-state index contributed by atoms with van der Waals surface area (Å²) >= 11 is 0. The molecule has 0 aliphatic carbocycles. The SMILES string of the molecule is CCCCN(C)S(=O)(=O)CCNC(C)C. The lowest BCUT2D eigenvalue weighted by Crippen LogP contribution is -2.36. The molecule has 0 aromatic rings. The Labute approximate surface area is 94.1 Å². The second kappa shape index (κ2) is 7.19. The predicted molar refractivity (Wildman–Crippen MR) is 64.5 cm³/mol. The highest BCUT2D eigenvalue weighted by Crippen LogP contribution is 2.00. The number of hydrogen-bond donors (Lipinski definition) is 1. The molecule has 0 aliphatic rings. The molecule has 92 valence electrons. The molecule has 1 N–H and O–H groups in total. The third-order valence-electron chi connectivity index (χ3n) is 2.21. The molecule has 0 amide bonds. The summed E-state index contributed by atoms with van der Waals surface area (Å²) in [7, 11) is -1.40. The number of nitrogens with one attached hydrogen (secondary N) is 1. The molecule has 0 aliphatic heterocycles. The van der Waals surface area contributed by atoms with Gasteiger partial charge in [0.05, 0.1) is 5.75 Å². The average Bonchev–Trinajstić information content (AvgIpc) is 2.13. The van der Waals surface area contributed by atoms with Crippen molar-refractivity contribution in [2.24, 2.45) is 0 Å². The first-order valence-corrected chi connectivity index (χ1v) is 7.18. The summed E-state index contributed by atoms with van der Waals surface area (Å²) in [5.74, 6) is 0.186.